The Morgan fingerprint density at radius 3 is 2.81 bits per heavy atom. The number of nitrogens with two attached hydrogens (primary N) is 1. The summed E-state index contributed by atoms with van der Waals surface area (Å²) in [6.07, 6.45) is 3.44. The number of aromatic nitrogens is 3. The summed E-state index contributed by atoms with van der Waals surface area (Å²) in [4.78, 5) is 22.5. The lowest BCUT2D eigenvalue weighted by Gasteiger charge is -2.14. The van der Waals surface area contributed by atoms with Crippen LogP contribution in [0.25, 0.3) is 22.2 Å². The number of nitrogens with one attached hydrogen (secondary N) is 3. The van der Waals surface area contributed by atoms with Crippen molar-refractivity contribution in [2.24, 2.45) is 5.73 Å². The molecule has 0 aliphatic carbocycles. The standard InChI is InChI=1S/C19H15ClFN5O/c20-10-1-2-14(21)12(7-10)13-8-16(17(9-22)26-19(13)27)25-15-4-6-24-18-11(15)3-5-23-18/h1-8H,9,22H2,(H,26,27)(H2,23,24,25). The van der Waals surface area contributed by atoms with E-state index in [1.807, 2.05) is 6.07 Å². The molecule has 0 atom stereocenters. The second-order valence-corrected chi connectivity index (χ2v) is 6.39. The van der Waals surface area contributed by atoms with Gasteiger partial charge >= 0.3 is 0 Å². The number of pyridine rings is 2. The molecule has 4 rings (SSSR count). The predicted molar refractivity (Wildman–Crippen MR) is 105 cm³/mol. The number of H-pyrrole nitrogens is 2. The third-order valence-corrected chi connectivity index (χ3v) is 4.51. The molecule has 0 aliphatic heterocycles. The zero-order chi connectivity index (χ0) is 19.0. The van der Waals surface area contributed by atoms with Crippen LogP contribution in [0, 0.1) is 5.82 Å². The molecule has 0 amide bonds. The molecule has 5 N–H and O–H groups in total. The second kappa shape index (κ2) is 6.86. The fraction of sp³-hybridized carbons (Fsp3) is 0.0526. The zero-order valence-electron chi connectivity index (χ0n) is 14.0. The summed E-state index contributed by atoms with van der Waals surface area (Å²) in [7, 11) is 0. The van der Waals surface area contributed by atoms with E-state index in [2.05, 4.69) is 20.3 Å². The van der Waals surface area contributed by atoms with Crippen molar-refractivity contribution in [1.82, 2.24) is 15.0 Å². The average molecular weight is 384 g/mol. The second-order valence-electron chi connectivity index (χ2n) is 5.96. The minimum Gasteiger partial charge on any atom is -0.353 e. The van der Waals surface area contributed by atoms with Crippen LogP contribution in [-0.4, -0.2) is 15.0 Å². The lowest BCUT2D eigenvalue weighted by Crippen LogP contribution is -2.16. The third-order valence-electron chi connectivity index (χ3n) is 4.28. The Morgan fingerprint density at radius 1 is 1.15 bits per heavy atom. The number of rotatable bonds is 4. The highest BCUT2D eigenvalue weighted by molar-refractivity contribution is 6.30. The van der Waals surface area contributed by atoms with Gasteiger partial charge in [-0.1, -0.05) is 11.6 Å². The van der Waals surface area contributed by atoms with E-state index in [-0.39, 0.29) is 17.7 Å². The van der Waals surface area contributed by atoms with E-state index in [9.17, 15) is 9.18 Å². The molecule has 1 aromatic carbocycles. The Bertz CT molecular complexity index is 1200. The van der Waals surface area contributed by atoms with E-state index in [1.165, 1.54) is 18.2 Å². The smallest absolute Gasteiger partial charge is 0.256 e. The number of benzene rings is 1. The number of hydrogen-bond acceptors (Lipinski definition) is 4. The van der Waals surface area contributed by atoms with E-state index < -0.39 is 11.4 Å². The maximum atomic E-state index is 14.3. The molecule has 136 valence electrons. The maximum absolute atomic E-state index is 14.3. The van der Waals surface area contributed by atoms with Crippen molar-refractivity contribution in [3.05, 3.63) is 75.7 Å². The van der Waals surface area contributed by atoms with Crippen LogP contribution in [0.5, 0.6) is 0 Å². The van der Waals surface area contributed by atoms with Crippen LogP contribution >= 0.6 is 11.6 Å². The molecular formula is C19H15ClFN5O. The monoisotopic (exact) mass is 383 g/mol. The van der Waals surface area contributed by atoms with E-state index in [4.69, 9.17) is 17.3 Å². The molecule has 4 aromatic rings. The van der Waals surface area contributed by atoms with Crippen molar-refractivity contribution >= 4 is 34.0 Å². The van der Waals surface area contributed by atoms with Crippen LogP contribution < -0.4 is 16.6 Å². The normalized spacial score (nSPS) is 11.1. The molecule has 0 radical (unpaired) electrons. The van der Waals surface area contributed by atoms with Gasteiger partial charge in [0.25, 0.3) is 5.56 Å². The molecule has 0 saturated heterocycles. The van der Waals surface area contributed by atoms with Gasteiger partial charge in [-0.25, -0.2) is 9.37 Å². The number of nitrogens with zero attached hydrogens (tertiary/aromatic N) is 1. The molecule has 0 unspecified atom stereocenters. The molecule has 0 saturated carbocycles. The Hall–Kier alpha value is -3.16. The van der Waals surface area contributed by atoms with Gasteiger partial charge in [-0.15, -0.1) is 0 Å². The fourth-order valence-electron chi connectivity index (χ4n) is 2.96. The summed E-state index contributed by atoms with van der Waals surface area (Å²) in [5.74, 6) is -0.534. The number of aromatic amines is 2. The molecule has 0 bridgehead atoms. The third kappa shape index (κ3) is 3.18. The van der Waals surface area contributed by atoms with Gasteiger partial charge in [0, 0.05) is 34.9 Å². The van der Waals surface area contributed by atoms with Gasteiger partial charge in [0.2, 0.25) is 0 Å². The minimum atomic E-state index is -0.534. The van der Waals surface area contributed by atoms with Crippen LogP contribution in [0.1, 0.15) is 5.69 Å². The fourth-order valence-corrected chi connectivity index (χ4v) is 3.13. The molecule has 8 heteroatoms. The first kappa shape index (κ1) is 17.3. The topological polar surface area (TPSA) is 99.6 Å². The lowest BCUT2D eigenvalue weighted by atomic mass is 10.1. The van der Waals surface area contributed by atoms with Crippen LogP contribution in [0.2, 0.25) is 5.02 Å². The Kier molecular flexibility index (Phi) is 4.39. The molecule has 27 heavy (non-hydrogen) atoms. The van der Waals surface area contributed by atoms with Gasteiger partial charge < -0.3 is 21.0 Å². The van der Waals surface area contributed by atoms with Crippen molar-refractivity contribution in [3.63, 3.8) is 0 Å². The first-order chi connectivity index (χ1) is 13.1. The summed E-state index contributed by atoms with van der Waals surface area (Å²) >= 11 is 5.98. The maximum Gasteiger partial charge on any atom is 0.256 e. The van der Waals surface area contributed by atoms with Crippen LogP contribution in [-0.2, 0) is 6.54 Å². The summed E-state index contributed by atoms with van der Waals surface area (Å²) in [6.45, 7) is 0.108. The quantitative estimate of drug-likeness (QED) is 0.429. The molecule has 6 nitrogen and oxygen atoms in total. The Balaban J connectivity index is 1.86. The van der Waals surface area contributed by atoms with Crippen molar-refractivity contribution in [1.29, 1.82) is 0 Å². The van der Waals surface area contributed by atoms with Crippen LogP contribution in [0.3, 0.4) is 0 Å². The van der Waals surface area contributed by atoms with Gasteiger partial charge in [0.1, 0.15) is 11.5 Å². The van der Waals surface area contributed by atoms with Crippen LogP contribution in [0.15, 0.2) is 53.6 Å². The van der Waals surface area contributed by atoms with Crippen molar-refractivity contribution < 1.29 is 4.39 Å². The minimum absolute atomic E-state index is 0.108. The van der Waals surface area contributed by atoms with Gasteiger partial charge in [-0.2, -0.15) is 0 Å². The van der Waals surface area contributed by atoms with E-state index in [0.717, 1.165) is 16.7 Å². The number of anilines is 2. The Morgan fingerprint density at radius 2 is 2.00 bits per heavy atom. The lowest BCUT2D eigenvalue weighted by molar-refractivity contribution is 0.631. The van der Waals surface area contributed by atoms with Gasteiger partial charge in [0.15, 0.2) is 0 Å². The SMILES string of the molecule is NCc1[nH]c(=O)c(-c2cc(Cl)ccc2F)cc1Nc1ccnc2[nH]ccc12. The average Bonchev–Trinajstić information content (AvgIpc) is 3.15. The highest BCUT2D eigenvalue weighted by Crippen LogP contribution is 2.29. The Labute approximate surface area is 158 Å². The predicted octanol–water partition coefficient (Wildman–Crippen LogP) is 3.91. The summed E-state index contributed by atoms with van der Waals surface area (Å²) < 4.78 is 14.3. The molecule has 3 aromatic heterocycles. The summed E-state index contributed by atoms with van der Waals surface area (Å²) in [5, 5.41) is 4.47. The molecule has 3 heterocycles. The summed E-state index contributed by atoms with van der Waals surface area (Å²) in [6, 6.07) is 9.35. The van der Waals surface area contributed by atoms with E-state index in [0.29, 0.717) is 16.4 Å². The molecule has 0 fully saturated rings. The number of halogens is 2. The molecule has 0 spiro atoms. The number of hydrogen-bond donors (Lipinski definition) is 4. The summed E-state index contributed by atoms with van der Waals surface area (Å²) in [5.41, 5.74) is 8.20. The van der Waals surface area contributed by atoms with Crippen LogP contribution in [0.4, 0.5) is 15.8 Å². The largest absolute Gasteiger partial charge is 0.353 e. The van der Waals surface area contributed by atoms with Gasteiger partial charge in [0.05, 0.1) is 22.6 Å². The highest BCUT2D eigenvalue weighted by atomic mass is 35.5. The zero-order valence-corrected chi connectivity index (χ0v) is 14.8. The first-order valence-corrected chi connectivity index (χ1v) is 8.55. The van der Waals surface area contributed by atoms with Gasteiger partial charge in [-0.3, -0.25) is 4.79 Å². The van der Waals surface area contributed by atoms with Crippen molar-refractivity contribution in [3.8, 4) is 11.1 Å². The molecular weight excluding hydrogens is 369 g/mol. The molecule has 0 aliphatic rings. The van der Waals surface area contributed by atoms with Gasteiger partial charge in [-0.05, 0) is 36.4 Å². The van der Waals surface area contributed by atoms with E-state index >= 15 is 0 Å². The number of fused-ring (bicyclic) bond motifs is 1. The van der Waals surface area contributed by atoms with E-state index in [1.54, 1.807) is 24.5 Å². The highest BCUT2D eigenvalue weighted by Gasteiger charge is 2.15. The van der Waals surface area contributed by atoms with Crippen molar-refractivity contribution in [2.75, 3.05) is 5.32 Å². The van der Waals surface area contributed by atoms with Crippen molar-refractivity contribution in [2.45, 2.75) is 6.54 Å². The first-order valence-electron chi connectivity index (χ1n) is 8.17.